The van der Waals surface area contributed by atoms with Crippen LogP contribution in [0.2, 0.25) is 5.02 Å². The van der Waals surface area contributed by atoms with Crippen LogP contribution >= 0.6 is 27.5 Å². The number of aryl methyl sites for hydroxylation is 1. The van der Waals surface area contributed by atoms with Crippen molar-refractivity contribution in [2.24, 2.45) is 0 Å². The van der Waals surface area contributed by atoms with Gasteiger partial charge in [0.1, 0.15) is 0 Å². The lowest BCUT2D eigenvalue weighted by Crippen LogP contribution is -2.20. The molecule has 0 radical (unpaired) electrons. The molecule has 20 heavy (non-hydrogen) atoms. The molecule has 2 rings (SSSR count). The molecule has 2 aromatic carbocycles. The second-order valence-electron chi connectivity index (χ2n) is 5.09. The lowest BCUT2D eigenvalue weighted by molar-refractivity contribution is 0.588. The molecule has 0 saturated heterocycles. The van der Waals surface area contributed by atoms with Gasteiger partial charge >= 0.3 is 0 Å². The van der Waals surface area contributed by atoms with Gasteiger partial charge in [-0.05, 0) is 61.7 Å². The Hall–Kier alpha value is -0.830. The zero-order valence-electron chi connectivity index (χ0n) is 12.0. The number of benzene rings is 2. The summed E-state index contributed by atoms with van der Waals surface area (Å²) in [5.74, 6) is 0. The molecule has 0 bridgehead atoms. The van der Waals surface area contributed by atoms with Crippen molar-refractivity contribution in [3.05, 3.63) is 68.1 Å². The summed E-state index contributed by atoms with van der Waals surface area (Å²) in [6.45, 7) is 4.20. The van der Waals surface area contributed by atoms with Crippen LogP contribution in [0.4, 0.5) is 0 Å². The maximum Gasteiger partial charge on any atom is 0.0441 e. The summed E-state index contributed by atoms with van der Waals surface area (Å²) < 4.78 is 1.14. The van der Waals surface area contributed by atoms with Crippen LogP contribution in [0.15, 0.2) is 40.9 Å². The van der Waals surface area contributed by atoms with Crippen molar-refractivity contribution < 1.29 is 0 Å². The van der Waals surface area contributed by atoms with Gasteiger partial charge in [0, 0.05) is 15.5 Å². The Morgan fingerprint density at radius 2 is 1.95 bits per heavy atom. The normalized spacial score (nSPS) is 12.4. The molecule has 0 heterocycles. The lowest BCUT2D eigenvalue weighted by Gasteiger charge is -2.20. The number of likely N-dealkylation sites (N-methyl/N-ethyl adjacent to an activating group) is 1. The van der Waals surface area contributed by atoms with Gasteiger partial charge in [-0.3, -0.25) is 0 Å². The summed E-state index contributed by atoms with van der Waals surface area (Å²) in [6, 6.07) is 12.8. The van der Waals surface area contributed by atoms with Crippen LogP contribution in [0.3, 0.4) is 0 Å². The molecule has 0 saturated carbocycles. The first-order chi connectivity index (χ1) is 9.52. The first kappa shape index (κ1) is 15.6. The van der Waals surface area contributed by atoms with Crippen molar-refractivity contribution in [3.63, 3.8) is 0 Å². The molecule has 1 atom stereocenters. The third-order valence-corrected chi connectivity index (χ3v) is 4.88. The minimum atomic E-state index is 0.257. The van der Waals surface area contributed by atoms with E-state index in [0.717, 1.165) is 15.9 Å². The molecule has 1 nitrogen and oxygen atoms in total. The van der Waals surface area contributed by atoms with Crippen molar-refractivity contribution in [1.82, 2.24) is 5.32 Å². The zero-order valence-corrected chi connectivity index (χ0v) is 14.3. The average Bonchev–Trinajstić information content (AvgIpc) is 2.42. The van der Waals surface area contributed by atoms with E-state index < -0.39 is 0 Å². The predicted molar refractivity (Wildman–Crippen MR) is 90.6 cm³/mol. The van der Waals surface area contributed by atoms with E-state index in [2.05, 4.69) is 65.4 Å². The molecule has 106 valence electrons. The van der Waals surface area contributed by atoms with Gasteiger partial charge in [0.25, 0.3) is 0 Å². The van der Waals surface area contributed by atoms with Crippen LogP contribution in [-0.4, -0.2) is 7.05 Å². The van der Waals surface area contributed by atoms with Crippen LogP contribution in [0, 0.1) is 13.8 Å². The van der Waals surface area contributed by atoms with Gasteiger partial charge < -0.3 is 5.32 Å². The van der Waals surface area contributed by atoms with E-state index in [-0.39, 0.29) is 6.04 Å². The van der Waals surface area contributed by atoms with Gasteiger partial charge in [-0.25, -0.2) is 0 Å². The van der Waals surface area contributed by atoms with E-state index in [1.807, 2.05) is 13.1 Å². The highest BCUT2D eigenvalue weighted by Crippen LogP contribution is 2.29. The molecule has 3 heteroatoms. The largest absolute Gasteiger partial charge is 0.313 e. The number of hydrogen-bond acceptors (Lipinski definition) is 1. The van der Waals surface area contributed by atoms with Crippen molar-refractivity contribution in [2.45, 2.75) is 26.3 Å². The van der Waals surface area contributed by atoms with E-state index in [1.54, 1.807) is 0 Å². The van der Waals surface area contributed by atoms with Gasteiger partial charge in [0.15, 0.2) is 0 Å². The molecule has 0 aromatic heterocycles. The van der Waals surface area contributed by atoms with Crippen LogP contribution in [0.5, 0.6) is 0 Å². The number of rotatable bonds is 4. The summed E-state index contributed by atoms with van der Waals surface area (Å²) in [7, 11) is 1.99. The Balaban J connectivity index is 2.31. The molecular formula is C17H19BrClN. The molecule has 0 aliphatic heterocycles. The standard InChI is InChI=1S/C17H19BrClN/c1-11-7-8-13(16(19)9-11)10-17(20-3)14-5-4-6-15(18)12(14)2/h4-9,17,20H,10H2,1-3H3. The highest BCUT2D eigenvalue weighted by atomic mass is 79.9. The maximum absolute atomic E-state index is 6.35. The first-order valence-corrected chi connectivity index (χ1v) is 7.87. The third-order valence-electron chi connectivity index (χ3n) is 3.67. The molecule has 1 unspecified atom stereocenters. The topological polar surface area (TPSA) is 12.0 Å². The van der Waals surface area contributed by atoms with E-state index in [9.17, 15) is 0 Å². The quantitative estimate of drug-likeness (QED) is 0.795. The van der Waals surface area contributed by atoms with Gasteiger partial charge in [0.2, 0.25) is 0 Å². The fraction of sp³-hybridized carbons (Fsp3) is 0.294. The lowest BCUT2D eigenvalue weighted by atomic mass is 9.95. The average molecular weight is 353 g/mol. The van der Waals surface area contributed by atoms with E-state index in [4.69, 9.17) is 11.6 Å². The van der Waals surface area contributed by atoms with Gasteiger partial charge in [0.05, 0.1) is 0 Å². The summed E-state index contributed by atoms with van der Waals surface area (Å²) >= 11 is 9.95. The minimum absolute atomic E-state index is 0.257. The number of halogens is 2. The second kappa shape index (κ2) is 6.75. The summed E-state index contributed by atoms with van der Waals surface area (Å²) in [4.78, 5) is 0. The molecule has 0 amide bonds. The third kappa shape index (κ3) is 3.43. The van der Waals surface area contributed by atoms with E-state index >= 15 is 0 Å². The smallest absolute Gasteiger partial charge is 0.0441 e. The molecule has 0 aliphatic carbocycles. The Labute approximate surface area is 134 Å². The van der Waals surface area contributed by atoms with E-state index in [0.29, 0.717) is 0 Å². The van der Waals surface area contributed by atoms with Gasteiger partial charge in [-0.15, -0.1) is 0 Å². The van der Waals surface area contributed by atoms with Crippen molar-refractivity contribution >= 4 is 27.5 Å². The molecule has 2 aromatic rings. The fourth-order valence-electron chi connectivity index (χ4n) is 2.41. The Morgan fingerprint density at radius 3 is 2.60 bits per heavy atom. The SMILES string of the molecule is CNC(Cc1ccc(C)cc1Cl)c1cccc(Br)c1C. The van der Waals surface area contributed by atoms with E-state index in [1.165, 1.54) is 22.3 Å². The molecule has 0 spiro atoms. The first-order valence-electron chi connectivity index (χ1n) is 6.70. The molecule has 0 fully saturated rings. The van der Waals surface area contributed by atoms with Crippen LogP contribution in [-0.2, 0) is 6.42 Å². The maximum atomic E-state index is 6.35. The van der Waals surface area contributed by atoms with Crippen LogP contribution in [0.25, 0.3) is 0 Å². The molecule has 0 aliphatic rings. The Morgan fingerprint density at radius 1 is 1.20 bits per heavy atom. The van der Waals surface area contributed by atoms with Crippen molar-refractivity contribution in [1.29, 1.82) is 0 Å². The Bertz CT molecular complexity index is 610. The molecule has 1 N–H and O–H groups in total. The van der Waals surface area contributed by atoms with Gasteiger partial charge in [-0.2, -0.15) is 0 Å². The Kier molecular flexibility index (Phi) is 5.25. The highest BCUT2D eigenvalue weighted by Gasteiger charge is 2.15. The van der Waals surface area contributed by atoms with Crippen molar-refractivity contribution in [3.8, 4) is 0 Å². The summed E-state index contributed by atoms with van der Waals surface area (Å²) in [5, 5.41) is 4.24. The zero-order chi connectivity index (χ0) is 14.7. The van der Waals surface area contributed by atoms with Crippen LogP contribution in [0.1, 0.15) is 28.3 Å². The summed E-state index contributed by atoms with van der Waals surface area (Å²) in [5.41, 5.74) is 4.95. The second-order valence-corrected chi connectivity index (χ2v) is 6.36. The summed E-state index contributed by atoms with van der Waals surface area (Å²) in [6.07, 6.45) is 0.882. The van der Waals surface area contributed by atoms with Gasteiger partial charge in [-0.1, -0.05) is 51.8 Å². The number of hydrogen-bond donors (Lipinski definition) is 1. The number of nitrogens with one attached hydrogen (secondary N) is 1. The minimum Gasteiger partial charge on any atom is -0.313 e. The van der Waals surface area contributed by atoms with Crippen LogP contribution < -0.4 is 5.32 Å². The monoisotopic (exact) mass is 351 g/mol. The highest BCUT2D eigenvalue weighted by molar-refractivity contribution is 9.10. The predicted octanol–water partition coefficient (Wildman–Crippen LogP) is 5.22. The fourth-order valence-corrected chi connectivity index (χ4v) is 3.10. The van der Waals surface area contributed by atoms with Crippen molar-refractivity contribution in [2.75, 3.05) is 7.05 Å². The molecular weight excluding hydrogens is 334 g/mol.